The van der Waals surface area contributed by atoms with Gasteiger partial charge in [-0.3, -0.25) is 14.6 Å². The van der Waals surface area contributed by atoms with Crippen molar-refractivity contribution >= 4 is 39.5 Å². The molecule has 0 aliphatic rings. The van der Waals surface area contributed by atoms with E-state index in [-0.39, 0.29) is 18.4 Å². The molecule has 0 bridgehead atoms. The first-order valence-corrected chi connectivity index (χ1v) is 9.42. The van der Waals surface area contributed by atoms with Crippen LogP contribution in [-0.2, 0) is 11.3 Å². The summed E-state index contributed by atoms with van der Waals surface area (Å²) in [4.78, 5) is 28.4. The normalized spacial score (nSPS) is 10.6. The number of halogens is 1. The fourth-order valence-corrected chi connectivity index (χ4v) is 2.94. The lowest BCUT2D eigenvalue weighted by Crippen LogP contribution is -2.23. The second-order valence-electron chi connectivity index (χ2n) is 5.93. The summed E-state index contributed by atoms with van der Waals surface area (Å²) >= 11 is 3.45. The Balaban J connectivity index is 1.64. The van der Waals surface area contributed by atoms with Gasteiger partial charge >= 0.3 is 0 Å². The smallest absolute Gasteiger partial charge is 0.253 e. The molecule has 2 N–H and O–H groups in total. The van der Waals surface area contributed by atoms with E-state index in [1.807, 2.05) is 42.5 Å². The first kappa shape index (κ1) is 19.5. The lowest BCUT2D eigenvalue weighted by molar-refractivity contribution is -0.111. The molecule has 1 aromatic heterocycles. The number of hydrogen-bond acceptors (Lipinski definition) is 3. The maximum atomic E-state index is 12.3. The molecule has 0 spiro atoms. The van der Waals surface area contributed by atoms with Gasteiger partial charge in [0.05, 0.1) is 5.56 Å². The lowest BCUT2D eigenvalue weighted by Gasteiger charge is -2.11. The summed E-state index contributed by atoms with van der Waals surface area (Å²) in [5, 5.41) is 5.70. The van der Waals surface area contributed by atoms with E-state index in [0.717, 1.165) is 15.6 Å². The van der Waals surface area contributed by atoms with E-state index >= 15 is 0 Å². The van der Waals surface area contributed by atoms with Gasteiger partial charge in [0.25, 0.3) is 5.91 Å². The highest BCUT2D eigenvalue weighted by Crippen LogP contribution is 2.18. The van der Waals surface area contributed by atoms with Crippen LogP contribution in [0.2, 0.25) is 0 Å². The molecule has 3 aromatic rings. The third-order valence-corrected chi connectivity index (χ3v) is 4.68. The largest absolute Gasteiger partial charge is 0.348 e. The molecule has 0 saturated carbocycles. The molecule has 2 amide bonds. The Kier molecular flexibility index (Phi) is 6.70. The molecule has 140 valence electrons. The van der Waals surface area contributed by atoms with Gasteiger partial charge < -0.3 is 10.6 Å². The van der Waals surface area contributed by atoms with Gasteiger partial charge in [0.2, 0.25) is 5.91 Å². The summed E-state index contributed by atoms with van der Waals surface area (Å²) in [6, 6.07) is 18.4. The average molecular weight is 436 g/mol. The van der Waals surface area contributed by atoms with Crippen molar-refractivity contribution in [1.29, 1.82) is 0 Å². The van der Waals surface area contributed by atoms with Crippen LogP contribution in [0.3, 0.4) is 0 Å². The van der Waals surface area contributed by atoms with Crippen molar-refractivity contribution < 1.29 is 9.59 Å². The number of carbonyl (C=O) groups excluding carboxylic acids is 2. The van der Waals surface area contributed by atoms with Crippen molar-refractivity contribution in [2.75, 3.05) is 5.32 Å². The van der Waals surface area contributed by atoms with E-state index in [9.17, 15) is 9.59 Å². The fraction of sp³-hybridized carbons (Fsp3) is 0.0455. The van der Waals surface area contributed by atoms with Crippen molar-refractivity contribution in [2.24, 2.45) is 0 Å². The molecule has 0 aliphatic heterocycles. The zero-order valence-corrected chi connectivity index (χ0v) is 16.5. The number of pyridine rings is 1. The maximum absolute atomic E-state index is 12.3. The second-order valence-corrected chi connectivity index (χ2v) is 6.78. The Morgan fingerprint density at radius 3 is 2.57 bits per heavy atom. The molecular formula is C22H18BrN3O2. The highest BCUT2D eigenvalue weighted by atomic mass is 79.9. The Morgan fingerprint density at radius 2 is 1.79 bits per heavy atom. The molecule has 0 unspecified atom stereocenters. The van der Waals surface area contributed by atoms with Crippen LogP contribution < -0.4 is 10.6 Å². The number of aromatic nitrogens is 1. The topological polar surface area (TPSA) is 71.1 Å². The van der Waals surface area contributed by atoms with Gasteiger partial charge in [0.15, 0.2) is 0 Å². The van der Waals surface area contributed by atoms with Gasteiger partial charge in [-0.05, 0) is 41.5 Å². The molecular weight excluding hydrogens is 418 g/mol. The standard InChI is InChI=1S/C22H18BrN3O2/c23-19-9-3-1-6-16(19)11-12-21(27)26-20-10-4-2-7-17(20)15-25-22(28)18-8-5-13-24-14-18/h1-14H,15H2,(H,25,28)(H,26,27)/b12-11+. The zero-order valence-electron chi connectivity index (χ0n) is 14.9. The third-order valence-electron chi connectivity index (χ3n) is 3.96. The predicted octanol–water partition coefficient (Wildman–Crippen LogP) is 4.43. The molecule has 2 aromatic carbocycles. The number of para-hydroxylation sites is 1. The molecule has 28 heavy (non-hydrogen) atoms. The van der Waals surface area contributed by atoms with Crippen LogP contribution in [0.25, 0.3) is 6.08 Å². The molecule has 5 nitrogen and oxygen atoms in total. The molecule has 0 radical (unpaired) electrons. The van der Waals surface area contributed by atoms with Crippen molar-refractivity contribution in [3.63, 3.8) is 0 Å². The van der Waals surface area contributed by atoms with Gasteiger partial charge in [-0.25, -0.2) is 0 Å². The molecule has 0 saturated heterocycles. The van der Waals surface area contributed by atoms with Crippen molar-refractivity contribution in [3.8, 4) is 0 Å². The molecule has 6 heteroatoms. The first-order valence-electron chi connectivity index (χ1n) is 8.63. The number of anilines is 1. The van der Waals surface area contributed by atoms with E-state index in [0.29, 0.717) is 11.3 Å². The summed E-state index contributed by atoms with van der Waals surface area (Å²) < 4.78 is 0.914. The maximum Gasteiger partial charge on any atom is 0.253 e. The third kappa shape index (κ3) is 5.37. The average Bonchev–Trinajstić information content (AvgIpc) is 2.73. The van der Waals surface area contributed by atoms with Crippen molar-refractivity contribution in [2.45, 2.75) is 6.54 Å². The molecule has 0 aliphatic carbocycles. The molecule has 1 heterocycles. The minimum absolute atomic E-state index is 0.219. The van der Waals surface area contributed by atoms with Crippen LogP contribution >= 0.6 is 15.9 Å². The summed E-state index contributed by atoms with van der Waals surface area (Å²) in [7, 11) is 0. The Morgan fingerprint density at radius 1 is 1.00 bits per heavy atom. The number of amides is 2. The van der Waals surface area contributed by atoms with E-state index in [4.69, 9.17) is 0 Å². The van der Waals surface area contributed by atoms with Crippen molar-refractivity contribution in [3.05, 3.63) is 100 Å². The van der Waals surface area contributed by atoms with Gasteiger partial charge in [-0.1, -0.05) is 52.3 Å². The van der Waals surface area contributed by atoms with E-state index in [1.165, 1.54) is 12.3 Å². The monoisotopic (exact) mass is 435 g/mol. The predicted molar refractivity (Wildman–Crippen MR) is 114 cm³/mol. The molecule has 3 rings (SSSR count). The zero-order chi connectivity index (χ0) is 19.8. The quantitative estimate of drug-likeness (QED) is 0.562. The Labute approximate surface area is 171 Å². The van der Waals surface area contributed by atoms with Crippen molar-refractivity contribution in [1.82, 2.24) is 10.3 Å². The molecule has 0 atom stereocenters. The Hall–Kier alpha value is -3.25. The fourth-order valence-electron chi connectivity index (χ4n) is 2.52. The summed E-state index contributed by atoms with van der Waals surface area (Å²) in [5.41, 5.74) is 2.85. The highest BCUT2D eigenvalue weighted by Gasteiger charge is 2.08. The lowest BCUT2D eigenvalue weighted by atomic mass is 10.1. The minimum Gasteiger partial charge on any atom is -0.348 e. The van der Waals surface area contributed by atoms with Crippen LogP contribution in [0.5, 0.6) is 0 Å². The summed E-state index contributed by atoms with van der Waals surface area (Å²) in [5.74, 6) is -0.468. The van der Waals surface area contributed by atoms with E-state index in [2.05, 4.69) is 31.5 Å². The number of rotatable bonds is 6. The molecule has 0 fully saturated rings. The van der Waals surface area contributed by atoms with Crippen LogP contribution in [0.4, 0.5) is 5.69 Å². The number of nitrogens with one attached hydrogen (secondary N) is 2. The Bertz CT molecular complexity index is 1000. The second kappa shape index (κ2) is 9.62. The summed E-state index contributed by atoms with van der Waals surface area (Å²) in [6.07, 6.45) is 6.34. The van der Waals surface area contributed by atoms with Gasteiger partial charge in [-0.15, -0.1) is 0 Å². The highest BCUT2D eigenvalue weighted by molar-refractivity contribution is 9.10. The summed E-state index contributed by atoms with van der Waals surface area (Å²) in [6.45, 7) is 0.290. The van der Waals surface area contributed by atoms with Crippen LogP contribution in [0.15, 0.2) is 83.6 Å². The number of carbonyl (C=O) groups is 2. The van der Waals surface area contributed by atoms with Crippen LogP contribution in [-0.4, -0.2) is 16.8 Å². The van der Waals surface area contributed by atoms with E-state index in [1.54, 1.807) is 30.5 Å². The minimum atomic E-state index is -0.248. The number of benzene rings is 2. The van der Waals surface area contributed by atoms with E-state index < -0.39 is 0 Å². The SMILES string of the molecule is O=C(/C=C/c1ccccc1Br)Nc1ccccc1CNC(=O)c1cccnc1. The van der Waals surface area contributed by atoms with Gasteiger partial charge in [0.1, 0.15) is 0 Å². The van der Waals surface area contributed by atoms with Gasteiger partial charge in [0, 0.05) is 35.2 Å². The van der Waals surface area contributed by atoms with Gasteiger partial charge in [-0.2, -0.15) is 0 Å². The number of hydrogen-bond donors (Lipinski definition) is 2. The van der Waals surface area contributed by atoms with Crippen LogP contribution in [0, 0.1) is 0 Å². The van der Waals surface area contributed by atoms with Crippen LogP contribution in [0.1, 0.15) is 21.5 Å². The first-order chi connectivity index (χ1) is 13.6. The number of nitrogens with zero attached hydrogens (tertiary/aromatic N) is 1.